The molecule has 2 unspecified atom stereocenters. The molecule has 2 aliphatic rings. The summed E-state index contributed by atoms with van der Waals surface area (Å²) in [5, 5.41) is 0.850. The molecular formula is C20H27N3O3S. The Hall–Kier alpha value is -1.73. The monoisotopic (exact) mass is 389 g/mol. The fourth-order valence-electron chi connectivity index (χ4n) is 4.70. The largest absolute Gasteiger partial charge is 0.480 e. The van der Waals surface area contributed by atoms with Crippen molar-refractivity contribution in [1.82, 2.24) is 14.9 Å². The zero-order valence-electron chi connectivity index (χ0n) is 16.3. The molecule has 1 aliphatic heterocycles. The van der Waals surface area contributed by atoms with Gasteiger partial charge >= 0.3 is 0 Å². The fraction of sp³-hybridized carbons (Fsp3) is 0.650. The number of piperidine rings is 1. The highest BCUT2D eigenvalue weighted by Crippen LogP contribution is 2.39. The highest BCUT2D eigenvalue weighted by atomic mass is 32.1. The van der Waals surface area contributed by atoms with E-state index in [1.165, 1.54) is 37.0 Å². The smallest absolute Gasteiger partial charge is 0.264 e. The van der Waals surface area contributed by atoms with Crippen molar-refractivity contribution in [2.24, 2.45) is 5.92 Å². The zero-order valence-corrected chi connectivity index (χ0v) is 17.1. The molecule has 0 bridgehead atoms. The van der Waals surface area contributed by atoms with Crippen molar-refractivity contribution in [3.63, 3.8) is 0 Å². The number of amides is 1. The Balaban J connectivity index is 1.72. The van der Waals surface area contributed by atoms with Gasteiger partial charge in [-0.25, -0.2) is 4.98 Å². The van der Waals surface area contributed by atoms with E-state index in [0.717, 1.165) is 40.0 Å². The number of aromatic nitrogens is 2. The van der Waals surface area contributed by atoms with Gasteiger partial charge in [0.05, 0.1) is 17.4 Å². The second kappa shape index (κ2) is 7.72. The summed E-state index contributed by atoms with van der Waals surface area (Å²) in [4.78, 5) is 26.2. The maximum Gasteiger partial charge on any atom is 0.264 e. The van der Waals surface area contributed by atoms with Gasteiger partial charge in [0.15, 0.2) is 5.82 Å². The zero-order chi connectivity index (χ0) is 19.0. The highest BCUT2D eigenvalue weighted by Gasteiger charge is 2.37. The number of likely N-dealkylation sites (tertiary alicyclic amines) is 1. The second-order valence-electron chi connectivity index (χ2n) is 7.57. The van der Waals surface area contributed by atoms with Gasteiger partial charge in [-0.1, -0.05) is 12.8 Å². The molecule has 2 aromatic heterocycles. The predicted octanol–water partition coefficient (Wildman–Crippen LogP) is 3.95. The number of aryl methyl sites for hydroxylation is 1. The molecule has 2 fully saturated rings. The average molecular weight is 390 g/mol. The lowest BCUT2D eigenvalue weighted by molar-refractivity contribution is 0.0395. The molecule has 3 heterocycles. The van der Waals surface area contributed by atoms with Crippen molar-refractivity contribution in [1.29, 1.82) is 0 Å². The first-order valence-corrected chi connectivity index (χ1v) is 10.6. The van der Waals surface area contributed by atoms with Crippen LogP contribution in [0.4, 0.5) is 0 Å². The Labute approximate surface area is 163 Å². The third-order valence-electron chi connectivity index (χ3n) is 5.97. The Bertz CT molecular complexity index is 849. The van der Waals surface area contributed by atoms with Crippen LogP contribution in [-0.4, -0.2) is 47.6 Å². The molecule has 1 saturated carbocycles. The first-order valence-electron chi connectivity index (χ1n) is 9.78. The van der Waals surface area contributed by atoms with Crippen molar-refractivity contribution in [3.8, 4) is 5.88 Å². The van der Waals surface area contributed by atoms with Crippen LogP contribution >= 0.6 is 11.3 Å². The van der Waals surface area contributed by atoms with Crippen LogP contribution in [-0.2, 0) is 11.3 Å². The molecule has 146 valence electrons. The van der Waals surface area contributed by atoms with E-state index in [9.17, 15) is 4.79 Å². The number of carbonyl (C=O) groups is 1. The molecule has 2 atom stereocenters. The number of ether oxygens (including phenoxy) is 2. The molecule has 4 rings (SSSR count). The van der Waals surface area contributed by atoms with E-state index in [0.29, 0.717) is 30.3 Å². The van der Waals surface area contributed by atoms with E-state index >= 15 is 0 Å². The number of hydrogen-bond acceptors (Lipinski definition) is 6. The summed E-state index contributed by atoms with van der Waals surface area (Å²) < 4.78 is 10.7. The third kappa shape index (κ3) is 3.31. The Kier molecular flexibility index (Phi) is 5.32. The van der Waals surface area contributed by atoms with Crippen LogP contribution in [0.2, 0.25) is 0 Å². The Morgan fingerprint density at radius 2 is 1.96 bits per heavy atom. The molecule has 0 N–H and O–H groups in total. The van der Waals surface area contributed by atoms with Crippen LogP contribution in [0.5, 0.6) is 5.88 Å². The number of methoxy groups -OCH3 is 2. The predicted molar refractivity (Wildman–Crippen MR) is 105 cm³/mol. The van der Waals surface area contributed by atoms with E-state index in [2.05, 4.69) is 14.9 Å². The van der Waals surface area contributed by atoms with Crippen LogP contribution < -0.4 is 4.74 Å². The van der Waals surface area contributed by atoms with E-state index in [1.807, 2.05) is 6.92 Å². The van der Waals surface area contributed by atoms with Crippen molar-refractivity contribution >= 4 is 27.5 Å². The van der Waals surface area contributed by atoms with Gasteiger partial charge in [-0.2, -0.15) is 4.98 Å². The molecule has 0 spiro atoms. The van der Waals surface area contributed by atoms with Gasteiger partial charge in [0.1, 0.15) is 11.4 Å². The number of fused-ring (bicyclic) bond motifs is 2. The van der Waals surface area contributed by atoms with Crippen LogP contribution in [0.15, 0.2) is 0 Å². The van der Waals surface area contributed by atoms with Gasteiger partial charge in [-0.05, 0) is 44.1 Å². The number of hydrogen-bond donors (Lipinski definition) is 0. The fourth-order valence-corrected chi connectivity index (χ4v) is 5.84. The van der Waals surface area contributed by atoms with Gasteiger partial charge in [0.25, 0.3) is 5.91 Å². The summed E-state index contributed by atoms with van der Waals surface area (Å²) in [6, 6.07) is 0.404. The van der Waals surface area contributed by atoms with E-state index < -0.39 is 0 Å². The molecule has 0 aromatic carbocycles. The minimum absolute atomic E-state index is 0.155. The Morgan fingerprint density at radius 1 is 1.19 bits per heavy atom. The first kappa shape index (κ1) is 18.6. The summed E-state index contributed by atoms with van der Waals surface area (Å²) >= 11 is 1.46. The molecule has 0 radical (unpaired) electrons. The maximum atomic E-state index is 13.5. The van der Waals surface area contributed by atoms with Crippen LogP contribution in [0.1, 0.15) is 59.6 Å². The van der Waals surface area contributed by atoms with Gasteiger partial charge in [-0.3, -0.25) is 4.79 Å². The number of nitrogens with zero attached hydrogens (tertiary/aromatic N) is 3. The van der Waals surface area contributed by atoms with Gasteiger partial charge < -0.3 is 14.4 Å². The second-order valence-corrected chi connectivity index (χ2v) is 8.57. The highest BCUT2D eigenvalue weighted by molar-refractivity contribution is 7.20. The van der Waals surface area contributed by atoms with Gasteiger partial charge in [0.2, 0.25) is 5.88 Å². The minimum Gasteiger partial charge on any atom is -0.480 e. The van der Waals surface area contributed by atoms with Crippen molar-refractivity contribution in [2.75, 3.05) is 20.8 Å². The summed E-state index contributed by atoms with van der Waals surface area (Å²) in [7, 11) is 3.22. The topological polar surface area (TPSA) is 64.6 Å². The molecule has 2 aromatic rings. The number of carbonyl (C=O) groups excluding carboxylic acids is 1. The molecule has 6 nitrogen and oxygen atoms in total. The quantitative estimate of drug-likeness (QED) is 0.792. The molecule has 1 saturated heterocycles. The molecule has 1 aliphatic carbocycles. The summed E-state index contributed by atoms with van der Waals surface area (Å²) in [5.41, 5.74) is 0.929. The summed E-state index contributed by atoms with van der Waals surface area (Å²) in [6.07, 6.45) is 7.31. The lowest BCUT2D eigenvalue weighted by Crippen LogP contribution is -2.49. The van der Waals surface area contributed by atoms with Crippen LogP contribution in [0, 0.1) is 12.8 Å². The summed E-state index contributed by atoms with van der Waals surface area (Å²) in [6.45, 7) is 3.17. The normalized spacial score (nSPS) is 22.7. The van der Waals surface area contributed by atoms with E-state index in [1.54, 1.807) is 14.2 Å². The Morgan fingerprint density at radius 3 is 2.74 bits per heavy atom. The molecule has 27 heavy (non-hydrogen) atoms. The third-order valence-corrected chi connectivity index (χ3v) is 7.14. The van der Waals surface area contributed by atoms with Crippen molar-refractivity contribution < 1.29 is 14.3 Å². The maximum absolute atomic E-state index is 13.5. The SMILES string of the molecule is COCc1nc(OC)c2c(C)c(C(=O)N3CCCC4CCCCC43)sc2n1. The summed E-state index contributed by atoms with van der Waals surface area (Å²) in [5.74, 6) is 1.93. The minimum atomic E-state index is 0.155. The number of rotatable bonds is 4. The van der Waals surface area contributed by atoms with Crippen LogP contribution in [0.25, 0.3) is 10.2 Å². The lowest BCUT2D eigenvalue weighted by atomic mass is 9.78. The first-order chi connectivity index (χ1) is 13.1. The van der Waals surface area contributed by atoms with Crippen molar-refractivity contribution in [2.45, 2.75) is 58.1 Å². The average Bonchev–Trinajstić information content (AvgIpc) is 3.03. The van der Waals surface area contributed by atoms with Crippen molar-refractivity contribution in [3.05, 3.63) is 16.3 Å². The van der Waals surface area contributed by atoms with E-state index in [-0.39, 0.29) is 5.91 Å². The molecule has 7 heteroatoms. The van der Waals surface area contributed by atoms with Crippen LogP contribution in [0.3, 0.4) is 0 Å². The molecule has 1 amide bonds. The van der Waals surface area contributed by atoms with Gasteiger partial charge in [0, 0.05) is 19.7 Å². The lowest BCUT2D eigenvalue weighted by Gasteiger charge is -2.44. The standard InChI is InChI=1S/C20H27N3O3S/c1-12-16-18(26-3)21-15(11-25-2)22-19(16)27-17(12)20(24)23-10-6-8-13-7-4-5-9-14(13)23/h13-14H,4-11H2,1-3H3. The molecular weight excluding hydrogens is 362 g/mol. The number of thiophene rings is 1. The van der Waals surface area contributed by atoms with E-state index in [4.69, 9.17) is 9.47 Å². The van der Waals surface area contributed by atoms with Gasteiger partial charge in [-0.15, -0.1) is 11.3 Å².